The molecule has 0 saturated heterocycles. The maximum Gasteiger partial charge on any atom is 0.245 e. The van der Waals surface area contributed by atoms with Gasteiger partial charge in [-0.05, 0) is 6.42 Å². The number of carbonyl (C=O) groups excluding carboxylic acids is 2. The molecule has 4 nitrogen and oxygen atoms in total. The van der Waals surface area contributed by atoms with Gasteiger partial charge in [0.25, 0.3) is 0 Å². The monoisotopic (exact) mass is 175 g/mol. The molecule has 0 bridgehead atoms. The molecule has 0 radical (unpaired) electrons. The van der Waals surface area contributed by atoms with E-state index in [1.807, 2.05) is 0 Å². The van der Waals surface area contributed by atoms with Crippen LogP contribution in [0, 0.1) is 0 Å². The zero-order chi connectivity index (χ0) is 8.53. The van der Waals surface area contributed by atoms with E-state index in [4.69, 9.17) is 0 Å². The van der Waals surface area contributed by atoms with Crippen LogP contribution >= 0.6 is 0 Å². The molecule has 72 valence electrons. The highest BCUT2D eigenvalue weighted by Gasteiger charge is 1.96. The van der Waals surface area contributed by atoms with Gasteiger partial charge in [-0.2, -0.15) is 0 Å². The van der Waals surface area contributed by atoms with Crippen molar-refractivity contribution in [2.45, 2.75) is 20.3 Å². The smallest absolute Gasteiger partial charge is 0.245 e. The van der Waals surface area contributed by atoms with Gasteiger partial charge in [-0.1, -0.05) is 7.43 Å². The number of nitrogens with one attached hydrogen (secondary N) is 1. The molecule has 0 aliphatic heterocycles. The minimum atomic E-state index is -0.140. The molecule has 0 aliphatic rings. The number of unbranched alkanes of at least 4 members (excludes halogenated alkanes) is 1. The van der Waals surface area contributed by atoms with Crippen molar-refractivity contribution in [1.29, 1.82) is 0 Å². The van der Waals surface area contributed by atoms with Crippen molar-refractivity contribution in [1.82, 2.24) is 5.32 Å². The van der Waals surface area contributed by atoms with E-state index in [2.05, 4.69) is 10.1 Å². The molecule has 0 rings (SSSR count). The Morgan fingerprint density at radius 2 is 2.25 bits per heavy atom. The minimum Gasteiger partial charge on any atom is -0.375 e. The zero-order valence-corrected chi connectivity index (χ0v) is 6.63. The molecular formula is C8H17NO3. The Morgan fingerprint density at radius 1 is 1.58 bits per heavy atom. The van der Waals surface area contributed by atoms with Crippen LogP contribution < -0.4 is 5.32 Å². The van der Waals surface area contributed by atoms with Gasteiger partial charge in [0, 0.05) is 20.1 Å². The van der Waals surface area contributed by atoms with Crippen LogP contribution in [0.5, 0.6) is 0 Å². The Labute approximate surface area is 73.3 Å². The van der Waals surface area contributed by atoms with E-state index >= 15 is 0 Å². The summed E-state index contributed by atoms with van der Waals surface area (Å²) in [6.45, 7) is 0.627. The van der Waals surface area contributed by atoms with E-state index in [-0.39, 0.29) is 19.9 Å². The molecule has 1 N–H and O–H groups in total. The fourth-order valence-corrected chi connectivity index (χ4v) is 0.595. The second-order valence-electron chi connectivity index (χ2n) is 2.09. The highest BCUT2D eigenvalue weighted by molar-refractivity contribution is 5.77. The first kappa shape index (κ1) is 13.7. The Balaban J connectivity index is 0. The molecule has 0 aromatic carbocycles. The molecule has 0 unspecified atom stereocenters. The minimum absolute atomic E-state index is 0. The third-order valence-electron chi connectivity index (χ3n) is 1.10. The van der Waals surface area contributed by atoms with Gasteiger partial charge in [-0.15, -0.1) is 0 Å². The summed E-state index contributed by atoms with van der Waals surface area (Å²) in [6, 6.07) is 0. The van der Waals surface area contributed by atoms with Crippen molar-refractivity contribution in [3.05, 3.63) is 0 Å². The molecule has 0 aromatic heterocycles. The van der Waals surface area contributed by atoms with Crippen molar-refractivity contribution in [3.63, 3.8) is 0 Å². The zero-order valence-electron chi connectivity index (χ0n) is 6.63. The van der Waals surface area contributed by atoms with Crippen LogP contribution in [0.4, 0.5) is 0 Å². The van der Waals surface area contributed by atoms with Crippen molar-refractivity contribution in [2.75, 3.05) is 20.3 Å². The number of carbonyl (C=O) groups is 2. The number of amides is 1. The van der Waals surface area contributed by atoms with Gasteiger partial charge in [0.1, 0.15) is 12.9 Å². The fraction of sp³-hybridized carbons (Fsp3) is 0.750. The van der Waals surface area contributed by atoms with Crippen LogP contribution in [0.15, 0.2) is 0 Å². The predicted octanol–water partition coefficient (Wildman–Crippen LogP) is 0.364. The molecule has 1 amide bonds. The second-order valence-corrected chi connectivity index (χ2v) is 2.09. The van der Waals surface area contributed by atoms with Crippen LogP contribution in [0.2, 0.25) is 0 Å². The van der Waals surface area contributed by atoms with Crippen molar-refractivity contribution in [3.8, 4) is 0 Å². The average Bonchev–Trinajstić information content (AvgIpc) is 1.99. The molecule has 0 atom stereocenters. The van der Waals surface area contributed by atoms with Gasteiger partial charge in [0.05, 0.1) is 0 Å². The molecule has 0 heterocycles. The van der Waals surface area contributed by atoms with Gasteiger partial charge in [-0.25, -0.2) is 0 Å². The Hall–Kier alpha value is -0.900. The number of methoxy groups -OCH3 is 1. The summed E-state index contributed by atoms with van der Waals surface area (Å²) in [5.74, 6) is -0.140. The van der Waals surface area contributed by atoms with Crippen LogP contribution in [0.1, 0.15) is 20.3 Å². The third-order valence-corrected chi connectivity index (χ3v) is 1.10. The lowest BCUT2D eigenvalue weighted by Gasteiger charge is -2.01. The average molecular weight is 175 g/mol. The molecular weight excluding hydrogens is 158 g/mol. The number of ether oxygens (including phenoxy) is 1. The van der Waals surface area contributed by atoms with Gasteiger partial charge < -0.3 is 14.8 Å². The number of hydrogen-bond acceptors (Lipinski definition) is 3. The number of rotatable bonds is 6. The number of aldehydes is 1. The largest absolute Gasteiger partial charge is 0.375 e. The summed E-state index contributed by atoms with van der Waals surface area (Å²) in [5.41, 5.74) is 0. The van der Waals surface area contributed by atoms with E-state index in [0.717, 1.165) is 6.29 Å². The molecule has 0 spiro atoms. The Bertz CT molecular complexity index is 125. The van der Waals surface area contributed by atoms with Crippen LogP contribution in [0.3, 0.4) is 0 Å². The summed E-state index contributed by atoms with van der Waals surface area (Å²) >= 11 is 0. The van der Waals surface area contributed by atoms with Gasteiger partial charge in [0.15, 0.2) is 0 Å². The highest BCUT2D eigenvalue weighted by Crippen LogP contribution is 1.80. The summed E-state index contributed by atoms with van der Waals surface area (Å²) in [4.78, 5) is 20.5. The standard InChI is InChI=1S/C7H13NO3.CH4/c1-11-6-7(10)8-4-2-3-5-9;/h5H,2-4,6H2,1H3,(H,8,10);1H4. The fourth-order valence-electron chi connectivity index (χ4n) is 0.595. The van der Waals surface area contributed by atoms with Crippen LogP contribution in [-0.2, 0) is 14.3 Å². The summed E-state index contributed by atoms with van der Waals surface area (Å²) in [5, 5.41) is 2.60. The summed E-state index contributed by atoms with van der Waals surface area (Å²) < 4.78 is 4.58. The maximum atomic E-state index is 10.7. The van der Waals surface area contributed by atoms with Crippen LogP contribution in [-0.4, -0.2) is 32.5 Å². The summed E-state index contributed by atoms with van der Waals surface area (Å²) in [6.07, 6.45) is 2.02. The Kier molecular flexibility index (Phi) is 11.5. The van der Waals surface area contributed by atoms with Crippen LogP contribution in [0.25, 0.3) is 0 Å². The first-order valence-electron chi connectivity index (χ1n) is 3.50. The lowest BCUT2D eigenvalue weighted by molar-refractivity contribution is -0.124. The Morgan fingerprint density at radius 3 is 2.75 bits per heavy atom. The molecule has 12 heavy (non-hydrogen) atoms. The van der Waals surface area contributed by atoms with E-state index < -0.39 is 0 Å². The SMILES string of the molecule is C.COCC(=O)NCCCC=O. The second kappa shape index (κ2) is 10.1. The third kappa shape index (κ3) is 9.10. The topological polar surface area (TPSA) is 55.4 Å². The molecule has 4 heteroatoms. The maximum absolute atomic E-state index is 10.7. The molecule has 0 aliphatic carbocycles. The normalized spacial score (nSPS) is 8.42. The van der Waals surface area contributed by atoms with E-state index in [1.54, 1.807) is 0 Å². The first-order valence-corrected chi connectivity index (χ1v) is 3.50. The lowest BCUT2D eigenvalue weighted by atomic mass is 10.3. The molecule has 0 fully saturated rings. The molecule has 0 saturated carbocycles. The quantitative estimate of drug-likeness (QED) is 0.468. The van der Waals surface area contributed by atoms with Gasteiger partial charge in [0.2, 0.25) is 5.91 Å². The van der Waals surface area contributed by atoms with Crippen molar-refractivity contribution < 1.29 is 14.3 Å². The van der Waals surface area contributed by atoms with Crippen molar-refractivity contribution >= 4 is 12.2 Å². The first-order chi connectivity index (χ1) is 5.31. The van der Waals surface area contributed by atoms with Gasteiger partial charge in [-0.3, -0.25) is 4.79 Å². The lowest BCUT2D eigenvalue weighted by Crippen LogP contribution is -2.27. The van der Waals surface area contributed by atoms with Crippen molar-refractivity contribution in [2.24, 2.45) is 0 Å². The van der Waals surface area contributed by atoms with E-state index in [9.17, 15) is 9.59 Å². The van der Waals surface area contributed by atoms with E-state index in [1.165, 1.54) is 7.11 Å². The van der Waals surface area contributed by atoms with Gasteiger partial charge >= 0.3 is 0 Å². The predicted molar refractivity (Wildman–Crippen MR) is 46.9 cm³/mol. The van der Waals surface area contributed by atoms with E-state index in [0.29, 0.717) is 19.4 Å². The number of hydrogen-bond donors (Lipinski definition) is 1. The molecule has 0 aromatic rings. The highest BCUT2D eigenvalue weighted by atomic mass is 16.5. The summed E-state index contributed by atoms with van der Waals surface area (Å²) in [7, 11) is 1.46.